The predicted octanol–water partition coefficient (Wildman–Crippen LogP) is 3.02. The summed E-state index contributed by atoms with van der Waals surface area (Å²) < 4.78 is 45.7. The van der Waals surface area contributed by atoms with Gasteiger partial charge in [0.1, 0.15) is 29.2 Å². The summed E-state index contributed by atoms with van der Waals surface area (Å²) in [5.41, 5.74) is -1.41. The molecule has 4 nitrogen and oxygen atoms in total. The van der Waals surface area contributed by atoms with Gasteiger partial charge < -0.3 is 9.64 Å². The van der Waals surface area contributed by atoms with E-state index in [0.29, 0.717) is 12.0 Å². The molecule has 1 amide bonds. The number of likely N-dealkylation sites (tertiary alicyclic amines) is 1. The standard InChI is InChI=1S/C16H15F3N2O2/c1-16(2,14(18)19)15(22)21-7-10-5-12(21)11-4-9(17)3-8(6-20)13(11)23-10/h3-4,10,12,14H,5,7H2,1-2H3/t10-,12-/m0/s1. The molecule has 0 radical (unpaired) electrons. The highest BCUT2D eigenvalue weighted by Crippen LogP contribution is 2.47. The summed E-state index contributed by atoms with van der Waals surface area (Å²) in [5, 5.41) is 9.11. The third-order valence-corrected chi connectivity index (χ3v) is 4.47. The lowest BCUT2D eigenvalue weighted by Crippen LogP contribution is -2.44. The maximum absolute atomic E-state index is 13.7. The molecule has 1 aromatic carbocycles. The number of hydrogen-bond acceptors (Lipinski definition) is 3. The summed E-state index contributed by atoms with van der Waals surface area (Å²) in [6, 6.07) is 3.60. The third kappa shape index (κ3) is 2.33. The van der Waals surface area contributed by atoms with Crippen LogP contribution in [-0.4, -0.2) is 29.9 Å². The van der Waals surface area contributed by atoms with E-state index in [2.05, 4.69) is 0 Å². The predicted molar refractivity (Wildman–Crippen MR) is 74.4 cm³/mol. The van der Waals surface area contributed by atoms with Crippen LogP contribution in [-0.2, 0) is 4.79 Å². The Bertz CT molecular complexity index is 712. The van der Waals surface area contributed by atoms with Crippen molar-refractivity contribution in [2.75, 3.05) is 6.54 Å². The highest BCUT2D eigenvalue weighted by atomic mass is 19.3. The highest BCUT2D eigenvalue weighted by Gasteiger charge is 2.49. The summed E-state index contributed by atoms with van der Waals surface area (Å²) >= 11 is 0. The first kappa shape index (κ1) is 15.7. The molecule has 2 heterocycles. The van der Waals surface area contributed by atoms with Crippen molar-refractivity contribution in [1.29, 1.82) is 5.26 Å². The van der Waals surface area contributed by atoms with Crippen molar-refractivity contribution in [3.05, 3.63) is 29.1 Å². The van der Waals surface area contributed by atoms with Crippen LogP contribution >= 0.6 is 0 Å². The number of fused-ring (bicyclic) bond motifs is 4. The molecular formula is C16H15F3N2O2. The van der Waals surface area contributed by atoms with Gasteiger partial charge in [-0.2, -0.15) is 5.26 Å². The van der Waals surface area contributed by atoms with Crippen molar-refractivity contribution < 1.29 is 22.7 Å². The quantitative estimate of drug-likeness (QED) is 0.840. The zero-order valence-electron chi connectivity index (χ0n) is 12.6. The van der Waals surface area contributed by atoms with Crippen molar-refractivity contribution in [2.45, 2.75) is 38.8 Å². The molecule has 1 aromatic rings. The van der Waals surface area contributed by atoms with E-state index in [1.165, 1.54) is 24.8 Å². The van der Waals surface area contributed by atoms with E-state index in [1.54, 1.807) is 0 Å². The topological polar surface area (TPSA) is 53.3 Å². The molecule has 2 bridgehead atoms. The molecular weight excluding hydrogens is 309 g/mol. The summed E-state index contributed by atoms with van der Waals surface area (Å²) in [4.78, 5) is 13.9. The van der Waals surface area contributed by atoms with Crippen LogP contribution < -0.4 is 4.74 Å². The lowest BCUT2D eigenvalue weighted by Gasteiger charge is -2.32. The van der Waals surface area contributed by atoms with Crippen LogP contribution in [0.25, 0.3) is 0 Å². The van der Waals surface area contributed by atoms with Crippen LogP contribution in [0.1, 0.15) is 37.4 Å². The van der Waals surface area contributed by atoms with Gasteiger partial charge in [-0.1, -0.05) is 0 Å². The first-order chi connectivity index (χ1) is 10.8. The van der Waals surface area contributed by atoms with Crippen molar-refractivity contribution >= 4 is 5.91 Å². The number of ether oxygens (including phenoxy) is 1. The number of carbonyl (C=O) groups excluding carboxylic acids is 1. The van der Waals surface area contributed by atoms with Crippen LogP contribution in [0.15, 0.2) is 12.1 Å². The van der Waals surface area contributed by atoms with Gasteiger partial charge in [0, 0.05) is 12.0 Å². The summed E-state index contributed by atoms with van der Waals surface area (Å²) in [7, 11) is 0. The highest BCUT2D eigenvalue weighted by molar-refractivity contribution is 5.83. The van der Waals surface area contributed by atoms with E-state index in [0.717, 1.165) is 6.07 Å². The number of hydrogen-bond donors (Lipinski definition) is 0. The second-order valence-electron chi connectivity index (χ2n) is 6.45. The Labute approximate surface area is 131 Å². The molecule has 23 heavy (non-hydrogen) atoms. The van der Waals surface area contributed by atoms with E-state index < -0.39 is 29.6 Å². The molecule has 1 fully saturated rings. The Morgan fingerprint density at radius 1 is 1.48 bits per heavy atom. The van der Waals surface area contributed by atoms with Gasteiger partial charge in [-0.3, -0.25) is 4.79 Å². The molecule has 7 heteroatoms. The van der Waals surface area contributed by atoms with Gasteiger partial charge >= 0.3 is 0 Å². The molecule has 0 saturated carbocycles. The maximum atomic E-state index is 13.7. The summed E-state index contributed by atoms with van der Waals surface area (Å²) in [5.74, 6) is -1.06. The Morgan fingerprint density at radius 2 is 2.17 bits per heavy atom. The lowest BCUT2D eigenvalue weighted by atomic mass is 9.90. The minimum absolute atomic E-state index is 0.0529. The van der Waals surface area contributed by atoms with E-state index in [1.807, 2.05) is 6.07 Å². The largest absolute Gasteiger partial charge is 0.487 e. The molecule has 0 unspecified atom stereocenters. The van der Waals surface area contributed by atoms with E-state index in [4.69, 9.17) is 10.00 Å². The Hall–Kier alpha value is -2.23. The number of amides is 1. The van der Waals surface area contributed by atoms with Crippen molar-refractivity contribution in [3.8, 4) is 11.8 Å². The van der Waals surface area contributed by atoms with Crippen molar-refractivity contribution in [3.63, 3.8) is 0 Å². The molecule has 2 aliphatic heterocycles. The molecule has 0 spiro atoms. The first-order valence-corrected chi connectivity index (χ1v) is 7.25. The van der Waals surface area contributed by atoms with Crippen LogP contribution in [0.2, 0.25) is 0 Å². The molecule has 0 aromatic heterocycles. The number of nitriles is 1. The second kappa shape index (κ2) is 5.15. The van der Waals surface area contributed by atoms with Gasteiger partial charge in [0.15, 0.2) is 0 Å². The average molecular weight is 324 g/mol. The van der Waals surface area contributed by atoms with Crippen LogP contribution in [0.4, 0.5) is 13.2 Å². The van der Waals surface area contributed by atoms with Crippen LogP contribution in [0.3, 0.4) is 0 Å². The number of alkyl halides is 2. The molecule has 1 saturated heterocycles. The Morgan fingerprint density at radius 3 is 2.78 bits per heavy atom. The lowest BCUT2D eigenvalue weighted by molar-refractivity contribution is -0.149. The Balaban J connectivity index is 2.03. The fourth-order valence-electron chi connectivity index (χ4n) is 3.11. The van der Waals surface area contributed by atoms with E-state index >= 15 is 0 Å². The fourth-order valence-corrected chi connectivity index (χ4v) is 3.11. The van der Waals surface area contributed by atoms with Gasteiger partial charge in [-0.15, -0.1) is 0 Å². The van der Waals surface area contributed by atoms with Crippen LogP contribution in [0, 0.1) is 22.6 Å². The van der Waals surface area contributed by atoms with Crippen molar-refractivity contribution in [1.82, 2.24) is 4.90 Å². The molecule has 0 aliphatic carbocycles. The smallest absolute Gasteiger partial charge is 0.252 e. The second-order valence-corrected chi connectivity index (χ2v) is 6.45. The molecule has 122 valence electrons. The summed E-state index contributed by atoms with van der Waals surface area (Å²) in [6.45, 7) is 2.54. The number of halogens is 3. The maximum Gasteiger partial charge on any atom is 0.252 e. The van der Waals surface area contributed by atoms with Gasteiger partial charge in [-0.25, -0.2) is 13.2 Å². The van der Waals surface area contributed by atoms with Gasteiger partial charge in [0.2, 0.25) is 5.91 Å². The number of nitrogens with zero attached hydrogens (tertiary/aromatic N) is 2. The SMILES string of the molecule is CC(C)(C(=O)N1C[C@@H]2C[C@H]1c1cc(F)cc(C#N)c1O2)C(F)F. The van der Waals surface area contributed by atoms with Crippen molar-refractivity contribution in [2.24, 2.45) is 5.41 Å². The monoisotopic (exact) mass is 324 g/mol. The zero-order chi connectivity index (χ0) is 16.9. The molecule has 0 N–H and O–H groups in total. The molecule has 2 atom stereocenters. The van der Waals surface area contributed by atoms with E-state index in [9.17, 15) is 18.0 Å². The summed E-state index contributed by atoms with van der Waals surface area (Å²) in [6.07, 6.45) is -2.77. The average Bonchev–Trinajstić information content (AvgIpc) is 2.84. The van der Waals surface area contributed by atoms with Crippen LogP contribution in [0.5, 0.6) is 5.75 Å². The normalized spacial score (nSPS) is 22.6. The van der Waals surface area contributed by atoms with Gasteiger partial charge in [0.25, 0.3) is 6.43 Å². The number of benzene rings is 1. The number of carbonyl (C=O) groups is 1. The third-order valence-electron chi connectivity index (χ3n) is 4.47. The molecule has 3 rings (SSSR count). The Kier molecular flexibility index (Phi) is 3.51. The molecule has 2 aliphatic rings. The number of rotatable bonds is 2. The van der Waals surface area contributed by atoms with Gasteiger partial charge in [0.05, 0.1) is 18.2 Å². The fraction of sp³-hybridized carbons (Fsp3) is 0.500. The zero-order valence-corrected chi connectivity index (χ0v) is 12.6. The van der Waals surface area contributed by atoms with E-state index in [-0.39, 0.29) is 24.0 Å². The minimum atomic E-state index is -2.81. The first-order valence-electron chi connectivity index (χ1n) is 7.25. The van der Waals surface area contributed by atoms with Gasteiger partial charge in [-0.05, 0) is 26.0 Å². The minimum Gasteiger partial charge on any atom is -0.487 e.